The van der Waals surface area contributed by atoms with Crippen LogP contribution in [0.4, 0.5) is 19.0 Å². The highest BCUT2D eigenvalue weighted by Gasteiger charge is 2.44. The molecule has 5 heterocycles. The molecule has 0 spiro atoms. The Labute approximate surface area is 234 Å². The Morgan fingerprint density at radius 1 is 0.976 bits per heavy atom. The zero-order chi connectivity index (χ0) is 27.8. The predicted molar refractivity (Wildman–Crippen MR) is 148 cm³/mol. The number of piperidine rings is 1. The number of alkyl halides is 1. The minimum absolute atomic E-state index is 0.0637. The predicted octanol–water partition coefficient (Wildman–Crippen LogP) is 4.33. The summed E-state index contributed by atoms with van der Waals surface area (Å²) >= 11 is 0. The van der Waals surface area contributed by atoms with E-state index in [1.807, 2.05) is 0 Å². The number of hydrogen-bond acceptors (Lipinski definition) is 8. The number of nitrogens with zero attached hydrogens (tertiary/aromatic N) is 5. The van der Waals surface area contributed by atoms with Gasteiger partial charge in [0.05, 0.1) is 5.39 Å². The van der Waals surface area contributed by atoms with Crippen molar-refractivity contribution in [3.05, 3.63) is 48.0 Å². The first-order valence-electron chi connectivity index (χ1n) is 14.2. The number of phenols is 1. The zero-order valence-electron chi connectivity index (χ0n) is 22.2. The maximum absolute atomic E-state index is 15.8. The number of benzene rings is 2. The summed E-state index contributed by atoms with van der Waals surface area (Å²) in [5.41, 5.74) is 0.215. The fourth-order valence-corrected chi connectivity index (χ4v) is 6.90. The third kappa shape index (κ3) is 4.25. The van der Waals surface area contributed by atoms with Crippen molar-refractivity contribution in [1.29, 1.82) is 0 Å². The van der Waals surface area contributed by atoms with Crippen LogP contribution in [-0.4, -0.2) is 81.5 Å². The molecule has 212 valence electrons. The molecule has 1 saturated carbocycles. The van der Waals surface area contributed by atoms with Crippen molar-refractivity contribution in [3.8, 4) is 23.0 Å². The van der Waals surface area contributed by atoms with Gasteiger partial charge in [-0.05, 0) is 55.3 Å². The van der Waals surface area contributed by atoms with E-state index in [1.54, 1.807) is 6.07 Å². The first kappa shape index (κ1) is 25.0. The number of rotatable bonds is 6. The topological polar surface area (TPSA) is 86.6 Å². The molecule has 8 rings (SSSR count). The molecule has 2 bridgehead atoms. The molecule has 1 aliphatic carbocycles. The van der Waals surface area contributed by atoms with E-state index in [1.165, 1.54) is 30.3 Å². The minimum Gasteiger partial charge on any atom is -0.508 e. The van der Waals surface area contributed by atoms with Crippen LogP contribution in [0.3, 0.4) is 0 Å². The highest BCUT2D eigenvalue weighted by atomic mass is 19.1. The molecule has 4 fully saturated rings. The average molecular weight is 563 g/mol. The lowest BCUT2D eigenvalue weighted by Gasteiger charge is -2.54. The highest BCUT2D eigenvalue weighted by molar-refractivity contribution is 5.99. The van der Waals surface area contributed by atoms with E-state index in [9.17, 15) is 13.9 Å². The standard InChI is InChI=1S/C30H29F3N6O2/c31-16-7-20(38(13-16)17-4-5-17)14-41-30-36-28-23(29(37-30)39-18-8-19(39)12-34-11-18)10-25(33)27(35-28)22-9-21(40)6-15-2-1-3-24(32)26(15)22/h1-3,6,9-10,16-20,34,40H,4-5,7-8,11-14H2/t16-,18?,19?,20+/m1/s1. The number of piperazine rings is 1. The molecular weight excluding hydrogens is 533 g/mol. The van der Waals surface area contributed by atoms with Crippen molar-refractivity contribution < 1.29 is 23.0 Å². The summed E-state index contributed by atoms with van der Waals surface area (Å²) in [6.07, 6.45) is 2.69. The van der Waals surface area contributed by atoms with Gasteiger partial charge >= 0.3 is 6.01 Å². The molecule has 2 unspecified atom stereocenters. The van der Waals surface area contributed by atoms with Crippen molar-refractivity contribution in [3.63, 3.8) is 0 Å². The van der Waals surface area contributed by atoms with Gasteiger partial charge in [-0.1, -0.05) is 12.1 Å². The third-order valence-corrected chi connectivity index (χ3v) is 8.93. The van der Waals surface area contributed by atoms with Crippen LogP contribution >= 0.6 is 0 Å². The summed E-state index contributed by atoms with van der Waals surface area (Å²) in [6, 6.07) is 9.43. The Balaban J connectivity index is 1.23. The zero-order valence-corrected chi connectivity index (χ0v) is 22.2. The van der Waals surface area contributed by atoms with Gasteiger partial charge in [-0.25, -0.2) is 18.2 Å². The van der Waals surface area contributed by atoms with Gasteiger partial charge in [0, 0.05) is 54.8 Å². The number of pyridine rings is 1. The number of ether oxygens (including phenoxy) is 1. The van der Waals surface area contributed by atoms with Crippen LogP contribution in [0.25, 0.3) is 33.1 Å². The molecular formula is C30H29F3N6O2. The van der Waals surface area contributed by atoms with Crippen LogP contribution in [0.15, 0.2) is 36.4 Å². The van der Waals surface area contributed by atoms with Gasteiger partial charge in [-0.3, -0.25) is 4.90 Å². The van der Waals surface area contributed by atoms with Crippen LogP contribution in [0.5, 0.6) is 11.8 Å². The Morgan fingerprint density at radius 3 is 2.59 bits per heavy atom. The lowest BCUT2D eigenvalue weighted by Crippen LogP contribution is -2.68. The second kappa shape index (κ2) is 9.42. The van der Waals surface area contributed by atoms with Crippen LogP contribution < -0.4 is 15.0 Å². The maximum Gasteiger partial charge on any atom is 0.320 e. The number of hydrogen-bond donors (Lipinski definition) is 2. The summed E-state index contributed by atoms with van der Waals surface area (Å²) in [6.45, 7) is 2.24. The van der Waals surface area contributed by atoms with E-state index in [0.717, 1.165) is 32.4 Å². The average Bonchev–Trinajstić information content (AvgIpc) is 3.73. The number of nitrogens with one attached hydrogen (secondary N) is 1. The number of fused-ring (bicyclic) bond motifs is 4. The maximum atomic E-state index is 15.8. The Hall–Kier alpha value is -3.70. The van der Waals surface area contributed by atoms with Crippen LogP contribution in [-0.2, 0) is 0 Å². The molecule has 11 heteroatoms. The molecule has 0 radical (unpaired) electrons. The molecule has 2 N–H and O–H groups in total. The first-order valence-corrected chi connectivity index (χ1v) is 14.2. The van der Waals surface area contributed by atoms with Crippen LogP contribution in [0.2, 0.25) is 0 Å². The molecule has 4 aromatic rings. The highest BCUT2D eigenvalue weighted by Crippen LogP contribution is 2.41. The summed E-state index contributed by atoms with van der Waals surface area (Å²) in [5, 5.41) is 14.8. The summed E-state index contributed by atoms with van der Waals surface area (Å²) in [4.78, 5) is 18.2. The van der Waals surface area contributed by atoms with Gasteiger partial charge in [0.25, 0.3) is 0 Å². The number of aromatic nitrogens is 3. The minimum atomic E-state index is -0.880. The number of likely N-dealkylation sites (tertiary alicyclic amines) is 1. The lowest BCUT2D eigenvalue weighted by atomic mass is 9.88. The molecule has 2 aromatic carbocycles. The quantitative estimate of drug-likeness (QED) is 0.359. The van der Waals surface area contributed by atoms with Gasteiger partial charge in [0.15, 0.2) is 5.65 Å². The van der Waals surface area contributed by atoms with E-state index in [4.69, 9.17) is 9.72 Å². The SMILES string of the molecule is Oc1cc(-c2nc3nc(OC[C@@H]4C[C@@H](F)CN4C4CC4)nc(N4C5CNCC4C5)c3cc2F)c2c(F)cccc2c1. The van der Waals surface area contributed by atoms with Crippen molar-refractivity contribution in [2.45, 2.75) is 56.0 Å². The molecule has 3 saturated heterocycles. The fourth-order valence-electron chi connectivity index (χ4n) is 6.90. The van der Waals surface area contributed by atoms with Crippen LogP contribution in [0, 0.1) is 11.6 Å². The number of anilines is 1. The first-order chi connectivity index (χ1) is 19.9. The van der Waals surface area contributed by atoms with E-state index < -0.39 is 17.8 Å². The van der Waals surface area contributed by atoms with E-state index in [2.05, 4.69) is 25.1 Å². The second-order valence-electron chi connectivity index (χ2n) is 11.7. The molecule has 4 aliphatic rings. The number of halogens is 3. The van der Waals surface area contributed by atoms with Crippen LogP contribution in [0.1, 0.15) is 25.7 Å². The smallest absolute Gasteiger partial charge is 0.320 e. The molecule has 3 aliphatic heterocycles. The van der Waals surface area contributed by atoms with Crippen molar-refractivity contribution in [2.24, 2.45) is 0 Å². The number of aromatic hydroxyl groups is 1. The summed E-state index contributed by atoms with van der Waals surface area (Å²) in [7, 11) is 0. The van der Waals surface area contributed by atoms with E-state index in [-0.39, 0.29) is 58.8 Å². The van der Waals surface area contributed by atoms with Crippen molar-refractivity contribution in [1.82, 2.24) is 25.2 Å². The molecule has 2 aromatic heterocycles. The monoisotopic (exact) mass is 562 g/mol. The van der Waals surface area contributed by atoms with Gasteiger partial charge in [-0.2, -0.15) is 9.97 Å². The number of phenolic OH excluding ortho intramolecular Hbond substituents is 1. The Kier molecular flexibility index (Phi) is 5.75. The van der Waals surface area contributed by atoms with Gasteiger partial charge in [0.2, 0.25) is 0 Å². The van der Waals surface area contributed by atoms with Gasteiger partial charge < -0.3 is 20.1 Å². The van der Waals surface area contributed by atoms with Crippen molar-refractivity contribution in [2.75, 3.05) is 31.1 Å². The Morgan fingerprint density at radius 2 is 1.80 bits per heavy atom. The molecule has 8 nitrogen and oxygen atoms in total. The molecule has 41 heavy (non-hydrogen) atoms. The third-order valence-electron chi connectivity index (χ3n) is 8.93. The second-order valence-corrected chi connectivity index (χ2v) is 11.7. The fraction of sp³-hybridized carbons (Fsp3) is 0.433. The summed E-state index contributed by atoms with van der Waals surface area (Å²) < 4.78 is 51.2. The molecule has 0 amide bonds. The summed E-state index contributed by atoms with van der Waals surface area (Å²) in [5.74, 6) is -0.799. The van der Waals surface area contributed by atoms with E-state index >= 15 is 4.39 Å². The van der Waals surface area contributed by atoms with E-state index in [0.29, 0.717) is 35.6 Å². The normalized spacial score (nSPS) is 26.1. The lowest BCUT2D eigenvalue weighted by molar-refractivity contribution is 0.158. The Bertz CT molecular complexity index is 1670. The van der Waals surface area contributed by atoms with Gasteiger partial charge in [0.1, 0.15) is 41.7 Å². The van der Waals surface area contributed by atoms with Gasteiger partial charge in [-0.15, -0.1) is 0 Å². The molecule has 4 atom stereocenters. The largest absolute Gasteiger partial charge is 0.508 e. The van der Waals surface area contributed by atoms with Crippen molar-refractivity contribution >= 4 is 27.6 Å².